The van der Waals surface area contributed by atoms with Gasteiger partial charge in [-0.3, -0.25) is 14.5 Å². The number of hydrogen-bond acceptors (Lipinski definition) is 6. The minimum atomic E-state index is -0.600. The van der Waals surface area contributed by atoms with Gasteiger partial charge in [-0.2, -0.15) is 0 Å². The molecule has 1 atom stereocenters. The number of nitrogens with zero attached hydrogens (tertiary/aromatic N) is 1. The number of allylic oxidation sites excluding steroid dienone is 1. The van der Waals surface area contributed by atoms with Crippen molar-refractivity contribution in [3.63, 3.8) is 0 Å². The molecule has 0 saturated carbocycles. The number of hydrogen-bond donors (Lipinski definition) is 2. The van der Waals surface area contributed by atoms with E-state index >= 15 is 0 Å². The topological polar surface area (TPSA) is 89.1 Å². The number of fused-ring (bicyclic) bond motifs is 1. The lowest BCUT2D eigenvalue weighted by Gasteiger charge is -2.34. The molecule has 3 aliphatic rings. The van der Waals surface area contributed by atoms with Crippen LogP contribution in [0.1, 0.15) is 43.7 Å². The monoisotopic (exact) mass is 429 g/mol. The number of ether oxygens (including phenoxy) is 3. The molecule has 2 N–H and O–H groups in total. The Hall–Kier alpha value is -2.58. The Labute approximate surface area is 182 Å². The number of carbonyl (C=O) groups is 2. The van der Waals surface area contributed by atoms with Gasteiger partial charge in [0.25, 0.3) is 0 Å². The highest BCUT2D eigenvalue weighted by Crippen LogP contribution is 2.35. The maximum atomic E-state index is 12.4. The van der Waals surface area contributed by atoms with Crippen LogP contribution in [0.4, 0.5) is 0 Å². The molecule has 1 aliphatic carbocycles. The standard InChI is InChI=1S/C23H31N3O5/c27-22(24-9-8-17-4-2-1-3-5-17)23(28)25-15-19(26-10-12-29-13-11-26)18-6-7-20-21(14-18)31-16-30-20/h4,6-7,14,19H,1-3,5,8-13,15-16H2,(H,24,27)(H,25,28). The zero-order chi connectivity index (χ0) is 21.5. The van der Waals surface area contributed by atoms with Gasteiger partial charge in [0.1, 0.15) is 0 Å². The summed E-state index contributed by atoms with van der Waals surface area (Å²) in [7, 11) is 0. The van der Waals surface area contributed by atoms with E-state index in [9.17, 15) is 9.59 Å². The van der Waals surface area contributed by atoms with E-state index in [0.717, 1.165) is 43.7 Å². The molecule has 0 spiro atoms. The number of benzene rings is 1. The van der Waals surface area contributed by atoms with Gasteiger partial charge in [-0.05, 0) is 49.8 Å². The third-order valence-electron chi connectivity index (χ3n) is 6.05. The molecule has 2 heterocycles. The number of morpholine rings is 1. The quantitative estimate of drug-likeness (QED) is 0.509. The molecule has 8 nitrogen and oxygen atoms in total. The molecule has 0 radical (unpaired) electrons. The van der Waals surface area contributed by atoms with Crippen molar-refractivity contribution in [1.29, 1.82) is 0 Å². The van der Waals surface area contributed by atoms with E-state index in [1.54, 1.807) is 0 Å². The molecule has 1 fully saturated rings. The third-order valence-corrected chi connectivity index (χ3v) is 6.05. The summed E-state index contributed by atoms with van der Waals surface area (Å²) >= 11 is 0. The van der Waals surface area contributed by atoms with Gasteiger partial charge in [0.15, 0.2) is 11.5 Å². The molecular formula is C23H31N3O5. The summed E-state index contributed by atoms with van der Waals surface area (Å²) in [6, 6.07) is 5.74. The molecule has 1 aromatic carbocycles. The maximum Gasteiger partial charge on any atom is 0.309 e. The molecule has 4 rings (SSSR count). The Balaban J connectivity index is 1.32. The number of rotatable bonds is 7. The summed E-state index contributed by atoms with van der Waals surface area (Å²) in [6.45, 7) is 3.85. The smallest absolute Gasteiger partial charge is 0.309 e. The van der Waals surface area contributed by atoms with Gasteiger partial charge in [0.05, 0.1) is 19.3 Å². The minimum Gasteiger partial charge on any atom is -0.454 e. The number of nitrogens with one attached hydrogen (secondary N) is 2. The Morgan fingerprint density at radius 1 is 1.03 bits per heavy atom. The molecule has 1 saturated heterocycles. The van der Waals surface area contributed by atoms with Crippen LogP contribution >= 0.6 is 0 Å². The van der Waals surface area contributed by atoms with Crippen LogP contribution in [0, 0.1) is 0 Å². The predicted molar refractivity (Wildman–Crippen MR) is 115 cm³/mol. The van der Waals surface area contributed by atoms with Crippen LogP contribution in [0.3, 0.4) is 0 Å². The number of amides is 2. The average molecular weight is 430 g/mol. The highest BCUT2D eigenvalue weighted by molar-refractivity contribution is 6.35. The van der Waals surface area contributed by atoms with Crippen molar-refractivity contribution in [2.75, 3.05) is 46.2 Å². The van der Waals surface area contributed by atoms with Gasteiger partial charge in [0.2, 0.25) is 6.79 Å². The third kappa shape index (κ3) is 5.77. The van der Waals surface area contributed by atoms with Crippen LogP contribution in [-0.4, -0.2) is 62.9 Å². The van der Waals surface area contributed by atoms with Crippen molar-refractivity contribution in [2.24, 2.45) is 0 Å². The van der Waals surface area contributed by atoms with Crippen molar-refractivity contribution in [1.82, 2.24) is 15.5 Å². The second-order valence-corrected chi connectivity index (χ2v) is 8.10. The summed E-state index contributed by atoms with van der Waals surface area (Å²) in [4.78, 5) is 26.9. The van der Waals surface area contributed by atoms with Gasteiger partial charge in [0, 0.05) is 26.2 Å². The first-order chi connectivity index (χ1) is 15.2. The summed E-state index contributed by atoms with van der Waals surface area (Å²) in [5.74, 6) is 0.247. The lowest BCUT2D eigenvalue weighted by atomic mass is 9.97. The first kappa shape index (κ1) is 21.6. The molecule has 0 bridgehead atoms. The molecular weight excluding hydrogens is 398 g/mol. The second kappa shape index (κ2) is 10.6. The summed E-state index contributed by atoms with van der Waals surface area (Å²) in [6.07, 6.45) is 7.74. The minimum absolute atomic E-state index is 0.0810. The Bertz CT molecular complexity index is 819. The first-order valence-electron chi connectivity index (χ1n) is 11.2. The zero-order valence-corrected chi connectivity index (χ0v) is 17.9. The second-order valence-electron chi connectivity index (χ2n) is 8.10. The lowest BCUT2D eigenvalue weighted by Crippen LogP contribution is -2.46. The van der Waals surface area contributed by atoms with E-state index in [4.69, 9.17) is 14.2 Å². The summed E-state index contributed by atoms with van der Waals surface area (Å²) in [5.41, 5.74) is 2.39. The Morgan fingerprint density at radius 3 is 2.65 bits per heavy atom. The highest BCUT2D eigenvalue weighted by Gasteiger charge is 2.26. The van der Waals surface area contributed by atoms with Crippen LogP contribution in [0.5, 0.6) is 11.5 Å². The fraction of sp³-hybridized carbons (Fsp3) is 0.565. The van der Waals surface area contributed by atoms with E-state index in [0.29, 0.717) is 32.1 Å². The van der Waals surface area contributed by atoms with Crippen molar-refractivity contribution in [2.45, 2.75) is 38.1 Å². The molecule has 8 heteroatoms. The fourth-order valence-electron chi connectivity index (χ4n) is 4.29. The van der Waals surface area contributed by atoms with E-state index in [1.807, 2.05) is 18.2 Å². The van der Waals surface area contributed by atoms with Gasteiger partial charge in [-0.25, -0.2) is 0 Å². The maximum absolute atomic E-state index is 12.4. The molecule has 2 amide bonds. The van der Waals surface area contributed by atoms with Crippen LogP contribution in [-0.2, 0) is 14.3 Å². The van der Waals surface area contributed by atoms with Crippen molar-refractivity contribution < 1.29 is 23.8 Å². The molecule has 1 aromatic rings. The summed E-state index contributed by atoms with van der Waals surface area (Å²) in [5, 5.41) is 5.56. The van der Waals surface area contributed by atoms with Gasteiger partial charge < -0.3 is 24.8 Å². The van der Waals surface area contributed by atoms with Crippen molar-refractivity contribution in [3.05, 3.63) is 35.4 Å². The molecule has 1 unspecified atom stereocenters. The van der Waals surface area contributed by atoms with Crippen LogP contribution in [0.15, 0.2) is 29.8 Å². The molecule has 168 valence electrons. The first-order valence-corrected chi connectivity index (χ1v) is 11.2. The van der Waals surface area contributed by atoms with E-state index in [2.05, 4.69) is 21.6 Å². The lowest BCUT2D eigenvalue weighted by molar-refractivity contribution is -0.139. The number of carbonyl (C=O) groups excluding carboxylic acids is 2. The zero-order valence-electron chi connectivity index (χ0n) is 17.9. The average Bonchev–Trinajstić information content (AvgIpc) is 3.28. The predicted octanol–water partition coefficient (Wildman–Crippen LogP) is 1.91. The van der Waals surface area contributed by atoms with Crippen LogP contribution < -0.4 is 20.1 Å². The fourth-order valence-corrected chi connectivity index (χ4v) is 4.29. The van der Waals surface area contributed by atoms with E-state index in [-0.39, 0.29) is 12.8 Å². The molecule has 31 heavy (non-hydrogen) atoms. The molecule has 2 aliphatic heterocycles. The SMILES string of the molecule is O=C(NCCC1=CCCCC1)C(=O)NCC(c1ccc2c(c1)OCO2)N1CCOCC1. The highest BCUT2D eigenvalue weighted by atomic mass is 16.7. The Morgan fingerprint density at radius 2 is 1.84 bits per heavy atom. The Kier molecular flexibility index (Phi) is 7.43. The van der Waals surface area contributed by atoms with Gasteiger partial charge in [-0.15, -0.1) is 0 Å². The van der Waals surface area contributed by atoms with Gasteiger partial charge >= 0.3 is 11.8 Å². The van der Waals surface area contributed by atoms with E-state index < -0.39 is 11.8 Å². The largest absolute Gasteiger partial charge is 0.454 e. The normalized spacial score (nSPS) is 19.4. The van der Waals surface area contributed by atoms with Crippen molar-refractivity contribution >= 4 is 11.8 Å². The van der Waals surface area contributed by atoms with Crippen LogP contribution in [0.2, 0.25) is 0 Å². The summed E-state index contributed by atoms with van der Waals surface area (Å²) < 4.78 is 16.4. The van der Waals surface area contributed by atoms with Crippen LogP contribution in [0.25, 0.3) is 0 Å². The van der Waals surface area contributed by atoms with Crippen molar-refractivity contribution in [3.8, 4) is 11.5 Å². The molecule has 0 aromatic heterocycles. The van der Waals surface area contributed by atoms with E-state index in [1.165, 1.54) is 18.4 Å². The van der Waals surface area contributed by atoms with Gasteiger partial charge in [-0.1, -0.05) is 17.7 Å².